The van der Waals surface area contributed by atoms with Crippen LogP contribution in [0.3, 0.4) is 0 Å². The zero-order valence-corrected chi connectivity index (χ0v) is 20.2. The predicted molar refractivity (Wildman–Crippen MR) is 126 cm³/mol. The van der Waals surface area contributed by atoms with Crippen molar-refractivity contribution in [3.63, 3.8) is 0 Å². The van der Waals surface area contributed by atoms with Gasteiger partial charge in [-0.15, -0.1) is 0 Å². The maximum absolute atomic E-state index is 12.3. The minimum Gasteiger partial charge on any atom is -0.480 e. The molecular weight excluding hydrogens is 478 g/mol. The van der Waals surface area contributed by atoms with Crippen LogP contribution in [0.25, 0.3) is 16.5 Å². The van der Waals surface area contributed by atoms with Gasteiger partial charge in [-0.1, -0.05) is 17.8 Å². The first-order valence-electron chi connectivity index (χ1n) is 10.8. The molecule has 0 spiro atoms. The van der Waals surface area contributed by atoms with Gasteiger partial charge in [0.2, 0.25) is 5.91 Å². The lowest BCUT2D eigenvalue weighted by molar-refractivity contribution is -0.150. The van der Waals surface area contributed by atoms with E-state index < -0.39 is 30.0 Å². The van der Waals surface area contributed by atoms with Crippen LogP contribution in [0.15, 0.2) is 28.7 Å². The molecular formula is C24H25NO9S. The molecule has 0 saturated carbocycles. The normalized spacial score (nSPS) is 14.7. The van der Waals surface area contributed by atoms with E-state index in [2.05, 4.69) is 5.32 Å². The molecule has 0 radical (unpaired) electrons. The lowest BCUT2D eigenvalue weighted by atomic mass is 10.0. The standard InChI is InChI=1S/C24H25NO9S/c1-12-17-8-15(16-9-21(28)32-10-16)4-5-19(17)34-23(12)13(2)33-20(27)6-7-22(29)35-11-18(24(30)31)25-14(3)26/h4-5,8-9,13,18H,6-7,10-11H2,1-3H3,(H,25,26)(H,30,31). The van der Waals surface area contributed by atoms with Gasteiger partial charge in [-0.05, 0) is 31.5 Å². The van der Waals surface area contributed by atoms with Gasteiger partial charge in [0.15, 0.2) is 11.2 Å². The van der Waals surface area contributed by atoms with Crippen molar-refractivity contribution in [2.24, 2.45) is 0 Å². The first-order chi connectivity index (χ1) is 16.5. The van der Waals surface area contributed by atoms with E-state index in [1.165, 1.54) is 13.0 Å². The maximum Gasteiger partial charge on any atom is 0.331 e. The summed E-state index contributed by atoms with van der Waals surface area (Å²) in [5.41, 5.74) is 3.00. The summed E-state index contributed by atoms with van der Waals surface area (Å²) in [6, 6.07) is 4.30. The Kier molecular flexibility index (Phi) is 8.34. The number of carbonyl (C=O) groups is 5. The molecule has 1 aromatic carbocycles. The van der Waals surface area contributed by atoms with Crippen molar-refractivity contribution in [1.82, 2.24) is 5.32 Å². The number of aryl methyl sites for hydroxylation is 1. The zero-order chi connectivity index (χ0) is 25.7. The van der Waals surface area contributed by atoms with Crippen molar-refractivity contribution in [3.05, 3.63) is 41.2 Å². The number of cyclic esters (lactones) is 1. The third-order valence-corrected chi connectivity index (χ3v) is 6.33. The van der Waals surface area contributed by atoms with Crippen molar-refractivity contribution < 1.29 is 43.0 Å². The second kappa shape index (κ2) is 11.2. The number of carboxylic acids is 1. The minimum atomic E-state index is -1.25. The monoisotopic (exact) mass is 503 g/mol. The number of fused-ring (bicyclic) bond motifs is 1. The molecule has 0 fully saturated rings. The Bertz CT molecular complexity index is 1210. The van der Waals surface area contributed by atoms with E-state index in [0.717, 1.165) is 33.8 Å². The number of nitrogens with one attached hydrogen (secondary N) is 1. The molecule has 2 heterocycles. The molecule has 186 valence electrons. The van der Waals surface area contributed by atoms with Gasteiger partial charge in [-0.25, -0.2) is 9.59 Å². The fraction of sp³-hybridized carbons (Fsp3) is 0.375. The van der Waals surface area contributed by atoms with Crippen molar-refractivity contribution in [1.29, 1.82) is 0 Å². The van der Waals surface area contributed by atoms with Gasteiger partial charge >= 0.3 is 17.9 Å². The van der Waals surface area contributed by atoms with Crippen molar-refractivity contribution in [2.75, 3.05) is 12.4 Å². The van der Waals surface area contributed by atoms with E-state index in [4.69, 9.17) is 19.0 Å². The Morgan fingerprint density at radius 2 is 1.97 bits per heavy atom. The smallest absolute Gasteiger partial charge is 0.331 e. The van der Waals surface area contributed by atoms with Crippen LogP contribution in [-0.4, -0.2) is 52.4 Å². The highest BCUT2D eigenvalue weighted by Gasteiger charge is 2.23. The molecule has 1 aliphatic heterocycles. The van der Waals surface area contributed by atoms with Gasteiger partial charge in [0, 0.05) is 41.7 Å². The second-order valence-corrected chi connectivity index (χ2v) is 9.06. The Labute approximate surface area is 205 Å². The summed E-state index contributed by atoms with van der Waals surface area (Å²) >= 11 is 0.734. The average molecular weight is 504 g/mol. The van der Waals surface area contributed by atoms with Crippen LogP contribution >= 0.6 is 11.8 Å². The summed E-state index contributed by atoms with van der Waals surface area (Å²) in [6.07, 6.45) is 0.428. The number of carboxylic acid groups (broad SMARTS) is 1. The molecule has 0 aliphatic carbocycles. The largest absolute Gasteiger partial charge is 0.480 e. The number of ether oxygens (including phenoxy) is 2. The number of carbonyl (C=O) groups excluding carboxylic acids is 4. The molecule has 3 rings (SSSR count). The summed E-state index contributed by atoms with van der Waals surface area (Å²) in [7, 11) is 0. The lowest BCUT2D eigenvalue weighted by Gasteiger charge is -2.13. The van der Waals surface area contributed by atoms with Crippen LogP contribution in [0.1, 0.15) is 49.7 Å². The van der Waals surface area contributed by atoms with E-state index in [9.17, 15) is 24.0 Å². The van der Waals surface area contributed by atoms with Crippen LogP contribution in [-0.2, 0) is 33.4 Å². The third-order valence-electron chi connectivity index (χ3n) is 5.30. The Hall–Kier alpha value is -3.60. The predicted octanol–water partition coefficient (Wildman–Crippen LogP) is 2.91. The molecule has 1 amide bonds. The molecule has 2 N–H and O–H groups in total. The number of hydrogen-bond acceptors (Lipinski definition) is 9. The van der Waals surface area contributed by atoms with E-state index in [1.807, 2.05) is 19.1 Å². The van der Waals surface area contributed by atoms with Crippen LogP contribution < -0.4 is 5.32 Å². The van der Waals surface area contributed by atoms with E-state index in [-0.39, 0.29) is 36.3 Å². The van der Waals surface area contributed by atoms with Crippen molar-refractivity contribution in [3.8, 4) is 0 Å². The molecule has 0 bridgehead atoms. The first-order valence-corrected chi connectivity index (χ1v) is 11.8. The van der Waals surface area contributed by atoms with Gasteiger partial charge in [0.05, 0.1) is 6.42 Å². The highest BCUT2D eigenvalue weighted by atomic mass is 32.2. The molecule has 35 heavy (non-hydrogen) atoms. The van der Waals surface area contributed by atoms with Crippen LogP contribution in [0.4, 0.5) is 0 Å². The first kappa shape index (κ1) is 26.0. The molecule has 2 atom stereocenters. The molecule has 0 saturated heterocycles. The average Bonchev–Trinajstić information content (AvgIpc) is 3.37. The lowest BCUT2D eigenvalue weighted by Crippen LogP contribution is -2.41. The van der Waals surface area contributed by atoms with E-state index in [0.29, 0.717) is 11.3 Å². The number of furan rings is 1. The van der Waals surface area contributed by atoms with Crippen LogP contribution in [0.2, 0.25) is 0 Å². The Morgan fingerprint density at radius 3 is 2.60 bits per heavy atom. The van der Waals surface area contributed by atoms with Gasteiger partial charge in [0.1, 0.15) is 24.0 Å². The number of benzene rings is 1. The molecule has 2 aromatic rings. The molecule has 1 aliphatic rings. The fourth-order valence-electron chi connectivity index (χ4n) is 3.55. The van der Waals surface area contributed by atoms with Gasteiger partial charge in [0.25, 0.3) is 0 Å². The van der Waals surface area contributed by atoms with Gasteiger partial charge in [-0.2, -0.15) is 0 Å². The number of amides is 1. The van der Waals surface area contributed by atoms with Crippen molar-refractivity contribution in [2.45, 2.75) is 45.8 Å². The number of aliphatic carboxylic acids is 1. The summed E-state index contributed by atoms with van der Waals surface area (Å²) in [6.45, 7) is 4.90. The quantitative estimate of drug-likeness (QED) is 0.463. The van der Waals surface area contributed by atoms with Gasteiger partial charge < -0.3 is 24.3 Å². The minimum absolute atomic E-state index is 0.138. The Balaban J connectivity index is 1.55. The molecule has 11 heteroatoms. The Morgan fingerprint density at radius 1 is 1.23 bits per heavy atom. The molecule has 1 aromatic heterocycles. The van der Waals surface area contributed by atoms with Gasteiger partial charge in [-0.3, -0.25) is 14.4 Å². The number of esters is 2. The molecule has 10 nitrogen and oxygen atoms in total. The van der Waals surface area contributed by atoms with Crippen LogP contribution in [0.5, 0.6) is 0 Å². The topological polar surface area (TPSA) is 149 Å². The summed E-state index contributed by atoms with van der Waals surface area (Å²) in [4.78, 5) is 57.8. The SMILES string of the molecule is CC(=O)NC(CSC(=O)CCC(=O)OC(C)c1oc2ccc(C3=CC(=O)OC3)cc2c1C)C(=O)O. The summed E-state index contributed by atoms with van der Waals surface area (Å²) in [5.74, 6) is -2.41. The third kappa shape index (κ3) is 6.72. The maximum atomic E-state index is 12.3. The van der Waals surface area contributed by atoms with Crippen LogP contribution in [0, 0.1) is 6.92 Å². The van der Waals surface area contributed by atoms with E-state index >= 15 is 0 Å². The second-order valence-electron chi connectivity index (χ2n) is 7.99. The highest BCUT2D eigenvalue weighted by Crippen LogP contribution is 2.33. The molecule has 2 unspecified atom stereocenters. The highest BCUT2D eigenvalue weighted by molar-refractivity contribution is 8.13. The number of thioether (sulfide) groups is 1. The fourth-order valence-corrected chi connectivity index (χ4v) is 4.38. The number of rotatable bonds is 10. The summed E-state index contributed by atoms with van der Waals surface area (Å²) < 4.78 is 16.3. The summed E-state index contributed by atoms with van der Waals surface area (Å²) in [5, 5.41) is 11.7. The number of hydrogen-bond donors (Lipinski definition) is 2. The van der Waals surface area contributed by atoms with E-state index in [1.54, 1.807) is 13.0 Å². The van der Waals surface area contributed by atoms with Crippen molar-refractivity contribution >= 4 is 57.2 Å². The zero-order valence-electron chi connectivity index (χ0n) is 19.4.